The van der Waals surface area contributed by atoms with Gasteiger partial charge in [0.25, 0.3) is 0 Å². The predicted octanol–water partition coefficient (Wildman–Crippen LogP) is 3.03. The quantitative estimate of drug-likeness (QED) is 0.766. The molecule has 0 amide bonds. The molecule has 0 bridgehead atoms. The van der Waals surface area contributed by atoms with Crippen LogP contribution in [-0.4, -0.2) is 35.6 Å². The Morgan fingerprint density at radius 2 is 1.96 bits per heavy atom. The fourth-order valence-corrected chi connectivity index (χ4v) is 2.97. The smallest absolute Gasteiger partial charge is 0.417 e. The van der Waals surface area contributed by atoms with E-state index in [-0.39, 0.29) is 22.4 Å². The first-order chi connectivity index (χ1) is 12.1. The number of nitrogens with zero attached hydrogens (tertiary/aromatic N) is 5. The molecule has 138 valence electrons. The van der Waals surface area contributed by atoms with Crippen LogP contribution in [0.15, 0.2) is 12.3 Å². The van der Waals surface area contributed by atoms with E-state index in [1.165, 1.54) is 13.1 Å². The van der Waals surface area contributed by atoms with Crippen LogP contribution in [0.1, 0.15) is 23.9 Å². The molecule has 0 saturated heterocycles. The zero-order valence-electron chi connectivity index (χ0n) is 14.3. The molecular formula is C16H16F3N5O2. The summed E-state index contributed by atoms with van der Waals surface area (Å²) in [6.07, 6.45) is -3.18. The minimum Gasteiger partial charge on any atom is -0.480 e. The van der Waals surface area contributed by atoms with E-state index >= 15 is 0 Å². The lowest BCUT2D eigenvalue weighted by molar-refractivity contribution is -0.138. The Bertz CT molecular complexity index is 1000. The number of carboxylic acids is 1. The molecule has 26 heavy (non-hydrogen) atoms. The van der Waals surface area contributed by atoms with Crippen molar-refractivity contribution < 1.29 is 23.1 Å². The van der Waals surface area contributed by atoms with Gasteiger partial charge in [0.05, 0.1) is 28.5 Å². The Kier molecular flexibility index (Phi) is 4.21. The van der Waals surface area contributed by atoms with Crippen molar-refractivity contribution in [3.05, 3.63) is 29.2 Å². The Labute approximate surface area is 146 Å². The fraction of sp³-hybridized carbons (Fsp3) is 0.375. The molecular weight excluding hydrogens is 351 g/mol. The van der Waals surface area contributed by atoms with Crippen molar-refractivity contribution in [2.75, 3.05) is 0 Å². The maximum absolute atomic E-state index is 13.6. The highest BCUT2D eigenvalue weighted by Gasteiger charge is 2.36. The number of fused-ring (bicyclic) bond motifs is 1. The van der Waals surface area contributed by atoms with Crippen molar-refractivity contribution in [3.8, 4) is 11.3 Å². The van der Waals surface area contributed by atoms with Crippen LogP contribution in [0.4, 0.5) is 13.2 Å². The largest absolute Gasteiger partial charge is 0.480 e. The van der Waals surface area contributed by atoms with Crippen LogP contribution in [0.5, 0.6) is 0 Å². The van der Waals surface area contributed by atoms with Gasteiger partial charge in [-0.25, -0.2) is 9.67 Å². The van der Waals surface area contributed by atoms with Gasteiger partial charge >= 0.3 is 12.1 Å². The van der Waals surface area contributed by atoms with Crippen molar-refractivity contribution in [2.45, 2.75) is 40.0 Å². The van der Waals surface area contributed by atoms with Crippen LogP contribution in [0.2, 0.25) is 0 Å². The monoisotopic (exact) mass is 367 g/mol. The number of hydrogen-bond acceptors (Lipinski definition) is 4. The van der Waals surface area contributed by atoms with Crippen LogP contribution >= 0.6 is 0 Å². The number of aromatic nitrogens is 5. The summed E-state index contributed by atoms with van der Waals surface area (Å²) >= 11 is 0. The number of rotatable bonds is 4. The zero-order chi connectivity index (χ0) is 19.2. The molecule has 0 atom stereocenters. The summed E-state index contributed by atoms with van der Waals surface area (Å²) < 4.78 is 43.5. The van der Waals surface area contributed by atoms with Crippen LogP contribution in [0.3, 0.4) is 0 Å². The second-order valence-corrected chi connectivity index (χ2v) is 5.85. The summed E-state index contributed by atoms with van der Waals surface area (Å²) in [7, 11) is 0. The number of carboxylic acid groups (broad SMARTS) is 1. The van der Waals surface area contributed by atoms with Crippen LogP contribution in [0.25, 0.3) is 22.3 Å². The highest BCUT2D eigenvalue weighted by Crippen LogP contribution is 2.38. The number of pyridine rings is 1. The number of aliphatic carboxylic acids is 1. The van der Waals surface area contributed by atoms with Gasteiger partial charge in [-0.1, -0.05) is 0 Å². The van der Waals surface area contributed by atoms with Gasteiger partial charge in [-0.2, -0.15) is 23.4 Å². The van der Waals surface area contributed by atoms with E-state index in [0.29, 0.717) is 17.8 Å². The van der Waals surface area contributed by atoms with Crippen molar-refractivity contribution in [1.29, 1.82) is 0 Å². The Hall–Kier alpha value is -2.91. The summed E-state index contributed by atoms with van der Waals surface area (Å²) in [4.78, 5) is 15.3. The molecule has 0 aliphatic rings. The van der Waals surface area contributed by atoms with Gasteiger partial charge in [-0.3, -0.25) is 9.48 Å². The Morgan fingerprint density at radius 3 is 2.50 bits per heavy atom. The molecule has 7 nitrogen and oxygen atoms in total. The topological polar surface area (TPSA) is 85.8 Å². The summed E-state index contributed by atoms with van der Waals surface area (Å²) in [5.74, 6) is -1.22. The summed E-state index contributed by atoms with van der Waals surface area (Å²) in [5, 5.41) is 16.9. The number of halogens is 3. The van der Waals surface area contributed by atoms with Crippen molar-refractivity contribution in [2.24, 2.45) is 0 Å². The maximum Gasteiger partial charge on any atom is 0.417 e. The van der Waals surface area contributed by atoms with Gasteiger partial charge in [-0.15, -0.1) is 0 Å². The van der Waals surface area contributed by atoms with E-state index in [1.807, 2.05) is 6.92 Å². The molecule has 0 aromatic carbocycles. The SMILES string of the molecule is CCn1ncc(-c2cc(C(F)(F)F)c3c(C)nn(CC(=O)O)c3n2)c1C. The predicted molar refractivity (Wildman–Crippen MR) is 86.5 cm³/mol. The van der Waals surface area contributed by atoms with E-state index < -0.39 is 24.3 Å². The second kappa shape index (κ2) is 6.11. The third-order valence-electron chi connectivity index (χ3n) is 4.15. The molecule has 3 aromatic rings. The first-order valence-electron chi connectivity index (χ1n) is 7.83. The van der Waals surface area contributed by atoms with E-state index in [4.69, 9.17) is 5.11 Å². The van der Waals surface area contributed by atoms with Gasteiger partial charge < -0.3 is 5.11 Å². The van der Waals surface area contributed by atoms with Gasteiger partial charge in [-0.05, 0) is 26.8 Å². The first-order valence-corrected chi connectivity index (χ1v) is 7.83. The van der Waals surface area contributed by atoms with Crippen LogP contribution in [0, 0.1) is 13.8 Å². The average Bonchev–Trinajstić information content (AvgIpc) is 3.06. The van der Waals surface area contributed by atoms with Crippen molar-refractivity contribution in [3.63, 3.8) is 0 Å². The first kappa shape index (κ1) is 17.9. The molecule has 0 radical (unpaired) electrons. The number of hydrogen-bond donors (Lipinski definition) is 1. The molecule has 3 aromatic heterocycles. The maximum atomic E-state index is 13.6. The van der Waals surface area contributed by atoms with Crippen molar-refractivity contribution in [1.82, 2.24) is 24.5 Å². The lowest BCUT2D eigenvalue weighted by atomic mass is 10.1. The number of alkyl halides is 3. The third kappa shape index (κ3) is 2.91. The molecule has 10 heteroatoms. The second-order valence-electron chi connectivity index (χ2n) is 5.85. The summed E-state index contributed by atoms with van der Waals surface area (Å²) in [6, 6.07) is 0.964. The van der Waals surface area contributed by atoms with Crippen molar-refractivity contribution >= 4 is 17.0 Å². The highest BCUT2D eigenvalue weighted by atomic mass is 19.4. The van der Waals surface area contributed by atoms with Gasteiger partial charge in [0.15, 0.2) is 5.65 Å². The minimum atomic E-state index is -4.63. The van der Waals surface area contributed by atoms with Crippen LogP contribution in [-0.2, 0) is 24.1 Å². The molecule has 1 N–H and O–H groups in total. The average molecular weight is 367 g/mol. The van der Waals surface area contributed by atoms with Gasteiger partial charge in [0.2, 0.25) is 0 Å². The summed E-state index contributed by atoms with van der Waals surface area (Å²) in [6.45, 7) is 5.00. The molecule has 3 rings (SSSR count). The minimum absolute atomic E-state index is 0.0774. The Morgan fingerprint density at radius 1 is 1.27 bits per heavy atom. The van der Waals surface area contributed by atoms with Gasteiger partial charge in [0.1, 0.15) is 6.54 Å². The lowest BCUT2D eigenvalue weighted by Crippen LogP contribution is -2.12. The summed E-state index contributed by atoms with van der Waals surface area (Å²) in [5.41, 5.74) is 0.282. The number of aryl methyl sites for hydroxylation is 2. The number of carbonyl (C=O) groups is 1. The standard InChI is InChI=1S/C16H16F3N5O2/c1-4-23-9(3)10(6-20-23)12-5-11(16(17,18)19)14-8(2)22-24(7-13(25)26)15(14)21-12/h5-6H,4,7H2,1-3H3,(H,25,26). The van der Waals surface area contributed by atoms with Crippen LogP contribution < -0.4 is 0 Å². The lowest BCUT2D eigenvalue weighted by Gasteiger charge is -2.11. The molecule has 3 heterocycles. The molecule has 0 aliphatic carbocycles. The van der Waals surface area contributed by atoms with E-state index in [2.05, 4.69) is 15.2 Å². The third-order valence-corrected chi connectivity index (χ3v) is 4.15. The van der Waals surface area contributed by atoms with E-state index in [1.54, 1.807) is 11.6 Å². The zero-order valence-corrected chi connectivity index (χ0v) is 14.3. The van der Waals surface area contributed by atoms with E-state index in [9.17, 15) is 18.0 Å². The molecule has 0 fully saturated rings. The van der Waals surface area contributed by atoms with Gasteiger partial charge in [0, 0.05) is 17.8 Å². The molecule has 0 saturated carbocycles. The van der Waals surface area contributed by atoms with E-state index in [0.717, 1.165) is 10.7 Å². The molecule has 0 spiro atoms. The Balaban J connectivity index is 2.34. The molecule has 0 unspecified atom stereocenters. The molecule has 0 aliphatic heterocycles. The fourth-order valence-electron chi connectivity index (χ4n) is 2.97. The highest BCUT2D eigenvalue weighted by molar-refractivity contribution is 5.86. The normalized spacial score (nSPS) is 12.1.